The standard InChI is InChI=1S/C18H24FN3O2S/c19-14-1-3-15(4-2-14)21-18(24)13-5-8-22(9-6-13)17(23)11-16-12-25-10-7-20-16/h1-4,13,16,20H,5-12H2,(H,21,24). The molecule has 1 aromatic carbocycles. The van der Waals surface area contributed by atoms with Crippen LogP contribution in [0.4, 0.5) is 10.1 Å². The lowest BCUT2D eigenvalue weighted by Gasteiger charge is -2.33. The molecule has 2 aliphatic heterocycles. The molecule has 2 N–H and O–H groups in total. The van der Waals surface area contributed by atoms with Gasteiger partial charge in [0.15, 0.2) is 0 Å². The summed E-state index contributed by atoms with van der Waals surface area (Å²) in [5.41, 5.74) is 0.603. The first kappa shape index (κ1) is 18.2. The van der Waals surface area contributed by atoms with Crippen molar-refractivity contribution < 1.29 is 14.0 Å². The van der Waals surface area contributed by atoms with E-state index < -0.39 is 0 Å². The lowest BCUT2D eigenvalue weighted by atomic mass is 9.95. The summed E-state index contributed by atoms with van der Waals surface area (Å²) in [6.07, 6.45) is 1.89. The first-order chi connectivity index (χ1) is 12.1. The van der Waals surface area contributed by atoms with Crippen molar-refractivity contribution in [1.29, 1.82) is 0 Å². The third-order valence-corrected chi connectivity index (χ3v) is 5.88. The number of carbonyl (C=O) groups is 2. The van der Waals surface area contributed by atoms with Crippen molar-refractivity contribution in [3.8, 4) is 0 Å². The molecular weight excluding hydrogens is 341 g/mol. The zero-order valence-corrected chi connectivity index (χ0v) is 15.0. The van der Waals surface area contributed by atoms with Crippen LogP contribution in [-0.4, -0.2) is 53.9 Å². The number of rotatable bonds is 4. The summed E-state index contributed by atoms with van der Waals surface area (Å²) in [6, 6.07) is 6.04. The summed E-state index contributed by atoms with van der Waals surface area (Å²) in [4.78, 5) is 26.6. The van der Waals surface area contributed by atoms with Gasteiger partial charge in [-0.3, -0.25) is 9.59 Å². The Kier molecular flexibility index (Phi) is 6.31. The van der Waals surface area contributed by atoms with Gasteiger partial charge in [0.1, 0.15) is 5.82 Å². The monoisotopic (exact) mass is 365 g/mol. The summed E-state index contributed by atoms with van der Waals surface area (Å²) < 4.78 is 12.9. The normalized spacial score (nSPS) is 21.8. The van der Waals surface area contributed by atoms with Crippen molar-refractivity contribution in [2.24, 2.45) is 5.92 Å². The molecule has 0 bridgehead atoms. The molecule has 0 aromatic heterocycles. The number of nitrogens with one attached hydrogen (secondary N) is 2. The van der Waals surface area contributed by atoms with E-state index in [0.29, 0.717) is 38.0 Å². The van der Waals surface area contributed by atoms with E-state index in [2.05, 4.69) is 10.6 Å². The van der Waals surface area contributed by atoms with Gasteiger partial charge in [0.2, 0.25) is 11.8 Å². The van der Waals surface area contributed by atoms with Crippen molar-refractivity contribution in [2.45, 2.75) is 25.3 Å². The van der Waals surface area contributed by atoms with E-state index in [9.17, 15) is 14.0 Å². The van der Waals surface area contributed by atoms with E-state index in [1.54, 1.807) is 12.1 Å². The molecule has 2 fully saturated rings. The number of likely N-dealkylation sites (tertiary alicyclic amines) is 1. The number of carbonyl (C=O) groups excluding carboxylic acids is 2. The SMILES string of the molecule is O=C(Nc1ccc(F)cc1)C1CCN(C(=O)CC2CSCCN2)CC1. The molecule has 2 saturated heterocycles. The number of nitrogens with zero attached hydrogens (tertiary/aromatic N) is 1. The van der Waals surface area contributed by atoms with Crippen LogP contribution in [0, 0.1) is 11.7 Å². The Morgan fingerprint density at radius 2 is 1.96 bits per heavy atom. The van der Waals surface area contributed by atoms with Gasteiger partial charge in [-0.1, -0.05) is 0 Å². The fraction of sp³-hybridized carbons (Fsp3) is 0.556. The van der Waals surface area contributed by atoms with Crippen LogP contribution in [0.15, 0.2) is 24.3 Å². The van der Waals surface area contributed by atoms with Gasteiger partial charge in [-0.2, -0.15) is 11.8 Å². The average Bonchev–Trinajstić information content (AvgIpc) is 2.64. The van der Waals surface area contributed by atoms with Crippen molar-refractivity contribution in [3.05, 3.63) is 30.1 Å². The molecule has 1 atom stereocenters. The van der Waals surface area contributed by atoms with Gasteiger partial charge in [-0.05, 0) is 37.1 Å². The second kappa shape index (κ2) is 8.67. The molecule has 25 heavy (non-hydrogen) atoms. The average molecular weight is 365 g/mol. The minimum Gasteiger partial charge on any atom is -0.343 e. The Morgan fingerprint density at radius 3 is 2.60 bits per heavy atom. The molecule has 2 amide bonds. The van der Waals surface area contributed by atoms with Crippen LogP contribution in [0.1, 0.15) is 19.3 Å². The Balaban J connectivity index is 1.43. The summed E-state index contributed by atoms with van der Waals surface area (Å²) in [5, 5.41) is 6.21. The van der Waals surface area contributed by atoms with Gasteiger partial charge in [-0.25, -0.2) is 4.39 Å². The van der Waals surface area contributed by atoms with Crippen LogP contribution in [-0.2, 0) is 9.59 Å². The van der Waals surface area contributed by atoms with Crippen LogP contribution >= 0.6 is 11.8 Å². The van der Waals surface area contributed by atoms with Gasteiger partial charge < -0.3 is 15.5 Å². The number of thioether (sulfide) groups is 1. The molecule has 0 spiro atoms. The van der Waals surface area contributed by atoms with E-state index in [-0.39, 0.29) is 29.6 Å². The minimum atomic E-state index is -0.323. The predicted octanol–water partition coefficient (Wildman–Crippen LogP) is 2.10. The van der Waals surface area contributed by atoms with Crippen molar-refractivity contribution in [3.63, 3.8) is 0 Å². The second-order valence-electron chi connectivity index (χ2n) is 6.58. The fourth-order valence-corrected chi connectivity index (χ4v) is 4.21. The van der Waals surface area contributed by atoms with Crippen molar-refractivity contribution in [1.82, 2.24) is 10.2 Å². The van der Waals surface area contributed by atoms with Gasteiger partial charge in [0.25, 0.3) is 0 Å². The van der Waals surface area contributed by atoms with Gasteiger partial charge in [0, 0.05) is 55.2 Å². The highest BCUT2D eigenvalue weighted by molar-refractivity contribution is 7.99. The number of benzene rings is 1. The molecule has 0 radical (unpaired) electrons. The van der Waals surface area contributed by atoms with Crippen LogP contribution in [0.2, 0.25) is 0 Å². The van der Waals surface area contributed by atoms with Crippen LogP contribution < -0.4 is 10.6 Å². The third kappa shape index (κ3) is 5.19. The molecule has 0 saturated carbocycles. The number of anilines is 1. The smallest absolute Gasteiger partial charge is 0.227 e. The summed E-state index contributed by atoms with van der Waals surface area (Å²) in [6.45, 7) is 2.22. The van der Waals surface area contributed by atoms with E-state index in [1.807, 2.05) is 16.7 Å². The lowest BCUT2D eigenvalue weighted by Crippen LogP contribution is -2.45. The maximum Gasteiger partial charge on any atom is 0.227 e. The second-order valence-corrected chi connectivity index (χ2v) is 7.73. The summed E-state index contributed by atoms with van der Waals surface area (Å²) >= 11 is 1.89. The van der Waals surface area contributed by atoms with Crippen LogP contribution in [0.3, 0.4) is 0 Å². The van der Waals surface area contributed by atoms with E-state index >= 15 is 0 Å². The molecule has 2 aliphatic rings. The number of piperidine rings is 1. The van der Waals surface area contributed by atoms with E-state index in [0.717, 1.165) is 18.1 Å². The molecule has 5 nitrogen and oxygen atoms in total. The molecule has 1 unspecified atom stereocenters. The van der Waals surface area contributed by atoms with Crippen molar-refractivity contribution in [2.75, 3.05) is 36.5 Å². The van der Waals surface area contributed by atoms with E-state index in [1.165, 1.54) is 12.1 Å². The topological polar surface area (TPSA) is 61.4 Å². The largest absolute Gasteiger partial charge is 0.343 e. The minimum absolute atomic E-state index is 0.0518. The Morgan fingerprint density at radius 1 is 1.24 bits per heavy atom. The molecule has 3 rings (SSSR count). The molecular formula is C18H24FN3O2S. The first-order valence-electron chi connectivity index (χ1n) is 8.77. The van der Waals surface area contributed by atoms with Gasteiger partial charge in [0.05, 0.1) is 0 Å². The zero-order valence-electron chi connectivity index (χ0n) is 14.2. The molecule has 2 heterocycles. The quantitative estimate of drug-likeness (QED) is 0.858. The highest BCUT2D eigenvalue weighted by atomic mass is 32.2. The number of halogens is 1. The van der Waals surface area contributed by atoms with Crippen molar-refractivity contribution >= 4 is 29.3 Å². The fourth-order valence-electron chi connectivity index (χ4n) is 3.26. The van der Waals surface area contributed by atoms with Crippen LogP contribution in [0.5, 0.6) is 0 Å². The number of hydrogen-bond donors (Lipinski definition) is 2. The molecule has 136 valence electrons. The zero-order chi connectivity index (χ0) is 17.6. The van der Waals surface area contributed by atoms with Gasteiger partial charge >= 0.3 is 0 Å². The van der Waals surface area contributed by atoms with Gasteiger partial charge in [-0.15, -0.1) is 0 Å². The van der Waals surface area contributed by atoms with E-state index in [4.69, 9.17) is 0 Å². The molecule has 0 aliphatic carbocycles. The summed E-state index contributed by atoms with van der Waals surface area (Å²) in [7, 11) is 0. The maximum absolute atomic E-state index is 12.9. The number of hydrogen-bond acceptors (Lipinski definition) is 4. The summed E-state index contributed by atoms with van der Waals surface area (Å²) in [5.74, 6) is 1.80. The Labute approximate surface area is 151 Å². The molecule has 1 aromatic rings. The first-order valence-corrected chi connectivity index (χ1v) is 9.92. The highest BCUT2D eigenvalue weighted by Gasteiger charge is 2.28. The Bertz CT molecular complexity index is 597. The highest BCUT2D eigenvalue weighted by Crippen LogP contribution is 2.21. The number of amides is 2. The molecule has 7 heteroatoms. The maximum atomic E-state index is 12.9. The Hall–Kier alpha value is -1.60. The predicted molar refractivity (Wildman–Crippen MR) is 98.1 cm³/mol. The third-order valence-electron chi connectivity index (χ3n) is 4.75. The van der Waals surface area contributed by atoms with Crippen LogP contribution in [0.25, 0.3) is 0 Å². The lowest BCUT2D eigenvalue weighted by molar-refractivity contribution is -0.134.